The van der Waals surface area contributed by atoms with Gasteiger partial charge in [-0.1, -0.05) is 119 Å². The lowest BCUT2D eigenvalue weighted by molar-refractivity contribution is -0.683. The fourth-order valence-corrected chi connectivity index (χ4v) is 5.24. The first-order chi connectivity index (χ1) is 18.7. The zero-order valence-electron chi connectivity index (χ0n) is 23.3. The molecule has 0 unspecified atom stereocenters. The molecular formula is C32H46N3O2S+. The monoisotopic (exact) mass is 536 g/mol. The number of urea groups is 1. The molecule has 0 aliphatic rings. The quantitative estimate of drug-likeness (QED) is 0.126. The summed E-state index contributed by atoms with van der Waals surface area (Å²) in [6.45, 7) is 5.74. The molecule has 5 nitrogen and oxygen atoms in total. The number of hydrogen-bond acceptors (Lipinski definition) is 3. The van der Waals surface area contributed by atoms with Gasteiger partial charge in [0.1, 0.15) is 5.75 Å². The van der Waals surface area contributed by atoms with Crippen LogP contribution in [0.4, 0.5) is 16.2 Å². The molecule has 0 saturated carbocycles. The predicted octanol–water partition coefficient (Wildman–Crippen LogP) is 9.12. The lowest BCUT2D eigenvalue weighted by Gasteiger charge is -2.14. The standard InChI is InChI=1S/C32H45N3O2S/c1-3-4-5-6-7-8-9-10-11-12-13-18-23-37-31-22-17-16-21-30(31)34-32(36)33-29-20-15-14-19-28(29)25-35-24-27(2)38-26-35/h14-17,19-22,24,26H,3-13,18,23,25H2,1-2H3,(H-,33,34,36)/p+1. The highest BCUT2D eigenvalue weighted by Crippen LogP contribution is 2.25. The second-order valence-electron chi connectivity index (χ2n) is 10.1. The minimum Gasteiger partial charge on any atom is -0.491 e. The Morgan fingerprint density at radius 2 is 1.37 bits per heavy atom. The van der Waals surface area contributed by atoms with E-state index in [0.717, 1.165) is 17.7 Å². The van der Waals surface area contributed by atoms with Gasteiger partial charge in [-0.2, -0.15) is 4.57 Å². The summed E-state index contributed by atoms with van der Waals surface area (Å²) in [5, 5.41) is 5.99. The molecule has 1 aromatic heterocycles. The van der Waals surface area contributed by atoms with Crippen LogP contribution in [-0.4, -0.2) is 12.6 Å². The molecule has 3 aromatic rings. The van der Waals surface area contributed by atoms with Crippen LogP contribution in [0.3, 0.4) is 0 Å². The zero-order valence-corrected chi connectivity index (χ0v) is 24.2. The van der Waals surface area contributed by atoms with Crippen molar-refractivity contribution in [2.75, 3.05) is 17.2 Å². The Labute approximate surface area is 233 Å². The highest BCUT2D eigenvalue weighted by molar-refractivity contribution is 7.09. The Balaban J connectivity index is 1.35. The maximum Gasteiger partial charge on any atom is 0.323 e. The number of anilines is 2. The first-order valence-electron chi connectivity index (χ1n) is 14.5. The molecule has 0 bridgehead atoms. The van der Waals surface area contributed by atoms with Gasteiger partial charge >= 0.3 is 6.03 Å². The highest BCUT2D eigenvalue weighted by Gasteiger charge is 2.13. The molecule has 6 heteroatoms. The number of ether oxygens (including phenoxy) is 1. The van der Waals surface area contributed by atoms with Crippen LogP contribution in [-0.2, 0) is 6.54 Å². The molecule has 206 valence electrons. The van der Waals surface area contributed by atoms with E-state index >= 15 is 0 Å². The number of aryl methyl sites for hydroxylation is 1. The molecule has 1 heterocycles. The summed E-state index contributed by atoms with van der Waals surface area (Å²) in [6.07, 6.45) is 18.0. The first-order valence-corrected chi connectivity index (χ1v) is 15.4. The third-order valence-electron chi connectivity index (χ3n) is 6.73. The van der Waals surface area contributed by atoms with Gasteiger partial charge in [-0.25, -0.2) is 4.79 Å². The number of benzene rings is 2. The Morgan fingerprint density at radius 3 is 2.03 bits per heavy atom. The lowest BCUT2D eigenvalue weighted by atomic mass is 10.1. The van der Waals surface area contributed by atoms with Gasteiger partial charge in [0.15, 0.2) is 12.7 Å². The van der Waals surface area contributed by atoms with E-state index in [1.165, 1.54) is 75.5 Å². The normalized spacial score (nSPS) is 10.9. The van der Waals surface area contributed by atoms with E-state index in [-0.39, 0.29) is 6.03 Å². The molecule has 0 aliphatic heterocycles. The number of unbranched alkanes of at least 4 members (excludes halogenated alkanes) is 11. The van der Waals surface area contributed by atoms with Crippen LogP contribution >= 0.6 is 11.3 Å². The largest absolute Gasteiger partial charge is 0.491 e. The van der Waals surface area contributed by atoms with Crippen LogP contribution in [0, 0.1) is 6.92 Å². The molecule has 0 atom stereocenters. The van der Waals surface area contributed by atoms with E-state index in [4.69, 9.17) is 4.74 Å². The zero-order chi connectivity index (χ0) is 26.8. The van der Waals surface area contributed by atoms with Crippen LogP contribution in [0.1, 0.15) is 94.4 Å². The van der Waals surface area contributed by atoms with Crippen LogP contribution in [0.15, 0.2) is 60.2 Å². The van der Waals surface area contributed by atoms with Crippen molar-refractivity contribution < 1.29 is 14.1 Å². The average molecular weight is 537 g/mol. The summed E-state index contributed by atoms with van der Waals surface area (Å²) in [5.41, 5.74) is 4.64. The number of para-hydroxylation sites is 3. The molecule has 0 spiro atoms. The number of carbonyl (C=O) groups excluding carboxylic acids is 1. The van der Waals surface area contributed by atoms with Crippen molar-refractivity contribution in [3.05, 3.63) is 70.7 Å². The van der Waals surface area contributed by atoms with E-state index in [2.05, 4.69) is 40.8 Å². The minimum absolute atomic E-state index is 0.273. The third-order valence-corrected chi connectivity index (χ3v) is 7.58. The van der Waals surface area contributed by atoms with Crippen molar-refractivity contribution in [2.24, 2.45) is 0 Å². The molecule has 0 aliphatic carbocycles. The Bertz CT molecular complexity index is 1080. The summed E-state index contributed by atoms with van der Waals surface area (Å²) in [5.74, 6) is 0.711. The third kappa shape index (κ3) is 11.3. The van der Waals surface area contributed by atoms with Crippen molar-refractivity contribution in [1.82, 2.24) is 0 Å². The minimum atomic E-state index is -0.273. The number of amides is 2. The highest BCUT2D eigenvalue weighted by atomic mass is 32.1. The number of hydrogen-bond donors (Lipinski definition) is 2. The molecular weight excluding hydrogens is 490 g/mol. The Hall–Kier alpha value is -2.86. The maximum absolute atomic E-state index is 12.8. The number of nitrogens with zero attached hydrogens (tertiary/aromatic N) is 1. The van der Waals surface area contributed by atoms with Crippen LogP contribution in [0.5, 0.6) is 5.75 Å². The number of nitrogens with one attached hydrogen (secondary N) is 2. The average Bonchev–Trinajstić information content (AvgIpc) is 3.33. The topological polar surface area (TPSA) is 54.2 Å². The van der Waals surface area contributed by atoms with Gasteiger partial charge < -0.3 is 15.4 Å². The SMILES string of the molecule is CCCCCCCCCCCCCCOc1ccccc1NC(=O)Nc1ccccc1C[n+]1csc(C)c1. The molecule has 38 heavy (non-hydrogen) atoms. The summed E-state index contributed by atoms with van der Waals surface area (Å²) in [7, 11) is 0. The van der Waals surface area contributed by atoms with Gasteiger partial charge in [-0.15, -0.1) is 0 Å². The van der Waals surface area contributed by atoms with Crippen LogP contribution in [0.2, 0.25) is 0 Å². The molecule has 2 amide bonds. The van der Waals surface area contributed by atoms with E-state index in [1.54, 1.807) is 11.3 Å². The van der Waals surface area contributed by atoms with Crippen LogP contribution in [0.25, 0.3) is 0 Å². The summed E-state index contributed by atoms with van der Waals surface area (Å²) in [6, 6.07) is 15.3. The second-order valence-corrected chi connectivity index (χ2v) is 11.2. The van der Waals surface area contributed by atoms with Crippen LogP contribution < -0.4 is 19.9 Å². The lowest BCUT2D eigenvalue weighted by Crippen LogP contribution is -2.31. The molecule has 0 fully saturated rings. The van der Waals surface area contributed by atoms with Crippen molar-refractivity contribution in [2.45, 2.75) is 97.4 Å². The molecule has 2 aromatic carbocycles. The molecule has 0 saturated heterocycles. The maximum atomic E-state index is 12.8. The van der Waals surface area contributed by atoms with Crippen molar-refractivity contribution in [1.29, 1.82) is 0 Å². The van der Waals surface area contributed by atoms with Crippen molar-refractivity contribution >= 4 is 28.7 Å². The van der Waals surface area contributed by atoms with Gasteiger partial charge in [0, 0.05) is 5.56 Å². The van der Waals surface area contributed by atoms with Crippen molar-refractivity contribution in [3.63, 3.8) is 0 Å². The fourth-order valence-electron chi connectivity index (χ4n) is 4.60. The van der Waals surface area contributed by atoms with Gasteiger partial charge in [0.2, 0.25) is 5.51 Å². The van der Waals surface area contributed by atoms with Gasteiger partial charge in [-0.3, -0.25) is 0 Å². The van der Waals surface area contributed by atoms with E-state index in [1.807, 2.05) is 48.5 Å². The predicted molar refractivity (Wildman–Crippen MR) is 160 cm³/mol. The van der Waals surface area contributed by atoms with Gasteiger partial charge in [-0.05, 0) is 31.5 Å². The smallest absolute Gasteiger partial charge is 0.323 e. The number of carbonyl (C=O) groups is 1. The van der Waals surface area contributed by atoms with E-state index in [9.17, 15) is 4.79 Å². The van der Waals surface area contributed by atoms with Gasteiger partial charge in [0.25, 0.3) is 0 Å². The Morgan fingerprint density at radius 1 is 0.789 bits per heavy atom. The summed E-state index contributed by atoms with van der Waals surface area (Å²) in [4.78, 5) is 14.1. The first kappa shape index (κ1) is 29.7. The molecule has 2 N–H and O–H groups in total. The fraction of sp³-hybridized carbons (Fsp3) is 0.500. The molecule has 3 rings (SSSR count). The van der Waals surface area contributed by atoms with E-state index < -0.39 is 0 Å². The summed E-state index contributed by atoms with van der Waals surface area (Å²) < 4.78 is 8.18. The second kappa shape index (κ2) is 17.6. The number of aromatic nitrogens is 1. The molecule has 0 radical (unpaired) electrons. The summed E-state index contributed by atoms with van der Waals surface area (Å²) >= 11 is 1.71. The number of thiazole rings is 1. The Kier molecular flexibility index (Phi) is 13.8. The van der Waals surface area contributed by atoms with E-state index in [0.29, 0.717) is 24.6 Å². The van der Waals surface area contributed by atoms with Crippen molar-refractivity contribution in [3.8, 4) is 5.75 Å². The van der Waals surface area contributed by atoms with Gasteiger partial charge in [0.05, 0.1) is 22.9 Å². The number of rotatable bonds is 18.